The molecule has 14 heavy (non-hydrogen) atoms. The second-order valence-electron chi connectivity index (χ2n) is 3.41. The van der Waals surface area contributed by atoms with Crippen LogP contribution in [0.15, 0.2) is 16.9 Å². The first kappa shape index (κ1) is 9.51. The van der Waals surface area contributed by atoms with Crippen molar-refractivity contribution >= 4 is 22.0 Å². The van der Waals surface area contributed by atoms with E-state index in [0.29, 0.717) is 6.04 Å². The Labute approximate surface area is 89.2 Å². The Morgan fingerprint density at radius 3 is 2.93 bits per heavy atom. The van der Waals surface area contributed by atoms with E-state index in [2.05, 4.69) is 26.3 Å². The Hall–Kier alpha value is -1.04. The molecule has 1 heterocycles. The fourth-order valence-electron chi connectivity index (χ4n) is 1.61. The first-order chi connectivity index (χ1) is 6.65. The molecular weight excluding hydrogens is 250 g/mol. The maximum atomic E-state index is 10.3. The van der Waals surface area contributed by atoms with Crippen LogP contribution in [0.3, 0.4) is 0 Å². The van der Waals surface area contributed by atoms with Gasteiger partial charge in [-0.15, -0.1) is 0 Å². The highest BCUT2D eigenvalue weighted by Gasteiger charge is 2.31. The van der Waals surface area contributed by atoms with Gasteiger partial charge < -0.3 is 10.4 Å². The van der Waals surface area contributed by atoms with Gasteiger partial charge in [0.2, 0.25) is 0 Å². The van der Waals surface area contributed by atoms with Crippen molar-refractivity contribution in [3.05, 3.63) is 16.9 Å². The van der Waals surface area contributed by atoms with E-state index in [-0.39, 0.29) is 6.04 Å². The van der Waals surface area contributed by atoms with Gasteiger partial charge >= 0.3 is 6.09 Å². The highest BCUT2D eigenvalue weighted by Crippen LogP contribution is 2.32. The Morgan fingerprint density at radius 2 is 2.43 bits per heavy atom. The van der Waals surface area contributed by atoms with Crippen LogP contribution in [-0.4, -0.2) is 27.0 Å². The monoisotopic (exact) mass is 259 g/mol. The normalized spacial score (nSPS) is 25.5. The van der Waals surface area contributed by atoms with E-state index in [1.807, 2.05) is 10.9 Å². The average Bonchev–Trinajstić information content (AvgIpc) is 2.42. The van der Waals surface area contributed by atoms with Crippen LogP contribution < -0.4 is 5.32 Å². The van der Waals surface area contributed by atoms with Crippen molar-refractivity contribution in [3.8, 4) is 0 Å². The van der Waals surface area contributed by atoms with E-state index in [4.69, 9.17) is 5.11 Å². The lowest BCUT2D eigenvalue weighted by Gasteiger charge is -2.34. The van der Waals surface area contributed by atoms with Gasteiger partial charge in [0, 0.05) is 12.2 Å². The molecule has 0 unspecified atom stereocenters. The lowest BCUT2D eigenvalue weighted by Crippen LogP contribution is -2.44. The number of aromatic nitrogens is 2. The largest absolute Gasteiger partial charge is 0.465 e. The Kier molecular flexibility index (Phi) is 2.45. The maximum Gasteiger partial charge on any atom is 0.404 e. The molecule has 0 atom stereocenters. The quantitative estimate of drug-likeness (QED) is 0.848. The van der Waals surface area contributed by atoms with Crippen molar-refractivity contribution in [1.82, 2.24) is 15.1 Å². The van der Waals surface area contributed by atoms with Gasteiger partial charge in [0.1, 0.15) is 0 Å². The minimum Gasteiger partial charge on any atom is -0.465 e. The topological polar surface area (TPSA) is 67.2 Å². The molecule has 0 bridgehead atoms. The Balaban J connectivity index is 1.86. The lowest BCUT2D eigenvalue weighted by atomic mass is 9.87. The van der Waals surface area contributed by atoms with Gasteiger partial charge in [-0.1, -0.05) is 0 Å². The van der Waals surface area contributed by atoms with Crippen molar-refractivity contribution in [3.63, 3.8) is 0 Å². The molecule has 0 radical (unpaired) electrons. The number of hydrogen-bond donors (Lipinski definition) is 2. The molecule has 0 saturated heterocycles. The van der Waals surface area contributed by atoms with E-state index in [0.717, 1.165) is 17.3 Å². The molecule has 1 aliphatic carbocycles. The first-order valence-corrected chi connectivity index (χ1v) is 5.13. The van der Waals surface area contributed by atoms with Crippen LogP contribution in [0, 0.1) is 0 Å². The number of carbonyl (C=O) groups is 1. The van der Waals surface area contributed by atoms with E-state index in [1.54, 1.807) is 6.20 Å². The molecule has 0 aliphatic heterocycles. The third kappa shape index (κ3) is 1.89. The molecule has 1 aromatic rings. The number of amides is 1. The van der Waals surface area contributed by atoms with Crippen LogP contribution in [0.1, 0.15) is 18.9 Å². The minimum atomic E-state index is -0.949. The molecule has 2 N–H and O–H groups in total. The van der Waals surface area contributed by atoms with Gasteiger partial charge in [-0.3, -0.25) is 4.68 Å². The van der Waals surface area contributed by atoms with E-state index in [1.165, 1.54) is 0 Å². The molecule has 1 fully saturated rings. The maximum absolute atomic E-state index is 10.3. The van der Waals surface area contributed by atoms with E-state index >= 15 is 0 Å². The van der Waals surface area contributed by atoms with Crippen molar-refractivity contribution in [2.24, 2.45) is 0 Å². The zero-order valence-electron chi connectivity index (χ0n) is 7.35. The molecule has 1 aliphatic rings. The Bertz CT molecular complexity index is 346. The Morgan fingerprint density at radius 1 is 1.71 bits per heavy atom. The molecule has 2 rings (SSSR count). The minimum absolute atomic E-state index is 0.0838. The summed E-state index contributed by atoms with van der Waals surface area (Å²) < 4.78 is 2.82. The number of rotatable bonds is 2. The summed E-state index contributed by atoms with van der Waals surface area (Å²) in [5.41, 5.74) is 0. The van der Waals surface area contributed by atoms with Crippen molar-refractivity contribution in [2.45, 2.75) is 24.9 Å². The second-order valence-corrected chi connectivity index (χ2v) is 4.33. The van der Waals surface area contributed by atoms with Gasteiger partial charge in [0.25, 0.3) is 0 Å². The molecular formula is C8H10BrN3O2. The summed E-state index contributed by atoms with van der Waals surface area (Å²) in [6.45, 7) is 0. The molecule has 76 valence electrons. The van der Waals surface area contributed by atoms with Gasteiger partial charge in [0.05, 0.1) is 16.7 Å². The van der Waals surface area contributed by atoms with Crippen LogP contribution in [0.2, 0.25) is 0 Å². The summed E-state index contributed by atoms with van der Waals surface area (Å²) in [6, 6.07) is 0.415. The smallest absolute Gasteiger partial charge is 0.404 e. The summed E-state index contributed by atoms with van der Waals surface area (Å²) in [6.07, 6.45) is 4.33. The van der Waals surface area contributed by atoms with Gasteiger partial charge in [-0.2, -0.15) is 5.10 Å². The molecule has 0 spiro atoms. The summed E-state index contributed by atoms with van der Waals surface area (Å²) >= 11 is 3.32. The fraction of sp³-hybridized carbons (Fsp3) is 0.500. The molecule has 0 aromatic carbocycles. The van der Waals surface area contributed by atoms with Crippen LogP contribution >= 0.6 is 15.9 Å². The van der Waals surface area contributed by atoms with Crippen LogP contribution in [-0.2, 0) is 0 Å². The summed E-state index contributed by atoms with van der Waals surface area (Å²) in [4.78, 5) is 10.3. The number of hydrogen-bond acceptors (Lipinski definition) is 2. The second kappa shape index (κ2) is 3.61. The molecule has 1 amide bonds. The summed E-state index contributed by atoms with van der Waals surface area (Å²) in [5, 5.41) is 15.1. The number of carboxylic acid groups (broad SMARTS) is 1. The van der Waals surface area contributed by atoms with Crippen molar-refractivity contribution in [1.29, 1.82) is 0 Å². The van der Waals surface area contributed by atoms with Gasteiger partial charge in [-0.05, 0) is 28.8 Å². The zero-order valence-corrected chi connectivity index (χ0v) is 8.94. The standard InChI is InChI=1S/C8H10BrN3O2/c9-5-3-10-12(4-5)7-1-6(2-7)11-8(13)14/h3-4,6-7,11H,1-2H2,(H,13,14)/t6-,7-. The summed E-state index contributed by atoms with van der Waals surface area (Å²) in [7, 11) is 0. The SMILES string of the molecule is O=C(O)N[C@H]1C[C@H](n2cc(Br)cn2)C1. The van der Waals surface area contributed by atoms with Gasteiger partial charge in [0.15, 0.2) is 0 Å². The number of nitrogens with zero attached hydrogens (tertiary/aromatic N) is 2. The van der Waals surface area contributed by atoms with Crippen LogP contribution in [0.25, 0.3) is 0 Å². The van der Waals surface area contributed by atoms with Crippen LogP contribution in [0.5, 0.6) is 0 Å². The van der Waals surface area contributed by atoms with Crippen molar-refractivity contribution < 1.29 is 9.90 Å². The molecule has 6 heteroatoms. The fourth-order valence-corrected chi connectivity index (χ4v) is 1.91. The van der Waals surface area contributed by atoms with Crippen molar-refractivity contribution in [2.75, 3.05) is 0 Å². The van der Waals surface area contributed by atoms with Gasteiger partial charge in [-0.25, -0.2) is 4.79 Å². The number of halogens is 1. The number of nitrogens with one attached hydrogen (secondary N) is 1. The predicted octanol–water partition coefficient (Wildman–Crippen LogP) is 1.62. The molecule has 1 aromatic heterocycles. The lowest BCUT2D eigenvalue weighted by molar-refractivity contribution is 0.163. The third-order valence-electron chi connectivity index (χ3n) is 2.38. The highest BCUT2D eigenvalue weighted by molar-refractivity contribution is 9.10. The van der Waals surface area contributed by atoms with E-state index in [9.17, 15) is 4.79 Å². The molecule has 5 nitrogen and oxygen atoms in total. The zero-order chi connectivity index (χ0) is 10.1. The average molecular weight is 260 g/mol. The predicted molar refractivity (Wildman–Crippen MR) is 53.1 cm³/mol. The molecule has 1 saturated carbocycles. The summed E-state index contributed by atoms with van der Waals surface area (Å²) in [5.74, 6) is 0. The first-order valence-electron chi connectivity index (χ1n) is 4.34. The highest BCUT2D eigenvalue weighted by atomic mass is 79.9. The van der Waals surface area contributed by atoms with Crippen LogP contribution in [0.4, 0.5) is 4.79 Å². The third-order valence-corrected chi connectivity index (χ3v) is 2.79. The van der Waals surface area contributed by atoms with E-state index < -0.39 is 6.09 Å².